The molecule has 2 aromatic rings. The Hall–Kier alpha value is -1.13. The Morgan fingerprint density at radius 1 is 1.33 bits per heavy atom. The Kier molecular flexibility index (Phi) is 3.22. The van der Waals surface area contributed by atoms with E-state index in [9.17, 15) is 4.79 Å². The van der Waals surface area contributed by atoms with Gasteiger partial charge in [0, 0.05) is 6.54 Å². The average molecular weight is 262 g/mol. The summed E-state index contributed by atoms with van der Waals surface area (Å²) in [7, 11) is 0. The number of nitrogens with two attached hydrogens (primary N) is 1. The van der Waals surface area contributed by atoms with Gasteiger partial charge in [0.1, 0.15) is 0 Å². The molecule has 1 aromatic heterocycles. The molecule has 3 nitrogen and oxygen atoms in total. The first-order valence-corrected chi connectivity index (χ1v) is 7.39. The van der Waals surface area contributed by atoms with Crippen LogP contribution in [0.5, 0.6) is 0 Å². The highest BCUT2D eigenvalue weighted by Crippen LogP contribution is 2.34. The van der Waals surface area contributed by atoms with Gasteiger partial charge in [-0.2, -0.15) is 0 Å². The van der Waals surface area contributed by atoms with Crippen LogP contribution in [-0.4, -0.2) is 10.5 Å². The maximum Gasteiger partial charge on any atom is 0.268 e. The molecule has 1 aromatic carbocycles. The third-order valence-corrected chi connectivity index (χ3v) is 5.19. The summed E-state index contributed by atoms with van der Waals surface area (Å²) in [4.78, 5) is 12.4. The molecule has 1 atom stereocenters. The van der Waals surface area contributed by atoms with Crippen molar-refractivity contribution in [3.8, 4) is 0 Å². The maximum absolute atomic E-state index is 12.4. The lowest BCUT2D eigenvalue weighted by Gasteiger charge is -2.21. The Morgan fingerprint density at radius 2 is 2.06 bits per heavy atom. The van der Waals surface area contributed by atoms with Gasteiger partial charge in [0.05, 0.1) is 16.1 Å². The molecular formula is C14H18N2OS. The van der Waals surface area contributed by atoms with Gasteiger partial charge in [0.25, 0.3) is 5.56 Å². The van der Waals surface area contributed by atoms with E-state index >= 15 is 0 Å². The molecule has 1 heterocycles. The van der Waals surface area contributed by atoms with Crippen LogP contribution in [0.3, 0.4) is 0 Å². The van der Waals surface area contributed by atoms with Gasteiger partial charge in [-0.1, -0.05) is 36.5 Å². The number of nitrogens with zero attached hydrogens (tertiary/aromatic N) is 1. The Morgan fingerprint density at radius 3 is 2.72 bits per heavy atom. The van der Waals surface area contributed by atoms with Crippen LogP contribution >= 0.6 is 11.5 Å². The second-order valence-electron chi connectivity index (χ2n) is 5.07. The van der Waals surface area contributed by atoms with Gasteiger partial charge in [-0.25, -0.2) is 0 Å². The number of fused-ring (bicyclic) bond motifs is 1. The van der Waals surface area contributed by atoms with Crippen molar-refractivity contribution < 1.29 is 0 Å². The quantitative estimate of drug-likeness (QED) is 0.924. The smallest absolute Gasteiger partial charge is 0.268 e. The van der Waals surface area contributed by atoms with Crippen LogP contribution < -0.4 is 11.3 Å². The molecular weight excluding hydrogens is 244 g/mol. The minimum absolute atomic E-state index is 0.137. The van der Waals surface area contributed by atoms with Crippen LogP contribution in [0.4, 0.5) is 0 Å². The molecule has 18 heavy (non-hydrogen) atoms. The largest absolute Gasteiger partial charge is 0.328 e. The summed E-state index contributed by atoms with van der Waals surface area (Å²) in [5, 5.41) is 0.832. The minimum Gasteiger partial charge on any atom is -0.328 e. The van der Waals surface area contributed by atoms with Crippen LogP contribution in [0.15, 0.2) is 29.1 Å². The molecule has 2 N–H and O–H groups in total. The van der Waals surface area contributed by atoms with E-state index in [1.54, 1.807) is 11.5 Å². The van der Waals surface area contributed by atoms with Crippen molar-refractivity contribution >= 4 is 21.6 Å². The summed E-state index contributed by atoms with van der Waals surface area (Å²) in [6.07, 6.45) is 4.98. The van der Waals surface area contributed by atoms with E-state index in [2.05, 4.69) is 0 Å². The molecule has 1 aliphatic rings. The Labute approximate surface area is 110 Å². The van der Waals surface area contributed by atoms with Crippen molar-refractivity contribution in [2.75, 3.05) is 6.54 Å². The number of hydrogen-bond acceptors (Lipinski definition) is 3. The molecule has 4 heteroatoms. The number of hydrogen-bond donors (Lipinski definition) is 1. The van der Waals surface area contributed by atoms with E-state index in [1.807, 2.05) is 28.2 Å². The van der Waals surface area contributed by atoms with Crippen molar-refractivity contribution in [1.82, 2.24) is 3.96 Å². The number of rotatable bonds is 3. The minimum atomic E-state index is 0.137. The van der Waals surface area contributed by atoms with E-state index in [-0.39, 0.29) is 11.6 Å². The molecule has 0 bridgehead atoms. The first kappa shape index (κ1) is 11.9. The van der Waals surface area contributed by atoms with Crippen molar-refractivity contribution in [1.29, 1.82) is 0 Å². The third-order valence-electron chi connectivity index (χ3n) is 4.00. The Bertz CT molecular complexity index is 595. The zero-order valence-corrected chi connectivity index (χ0v) is 11.2. The van der Waals surface area contributed by atoms with E-state index in [0.717, 1.165) is 10.1 Å². The van der Waals surface area contributed by atoms with Gasteiger partial charge in [-0.3, -0.25) is 8.75 Å². The summed E-state index contributed by atoms with van der Waals surface area (Å²) in [6, 6.07) is 8.02. The van der Waals surface area contributed by atoms with Gasteiger partial charge in [-0.05, 0) is 30.9 Å². The van der Waals surface area contributed by atoms with Gasteiger partial charge < -0.3 is 5.73 Å². The van der Waals surface area contributed by atoms with Crippen LogP contribution in [0.2, 0.25) is 0 Å². The molecule has 1 unspecified atom stereocenters. The predicted octanol–water partition coefficient (Wildman–Crippen LogP) is 2.75. The SMILES string of the molecule is NCC(C1CCCC1)n1sc2ccccc2c1=O. The molecule has 1 fully saturated rings. The lowest BCUT2D eigenvalue weighted by molar-refractivity contribution is 0.355. The standard InChI is InChI=1S/C14H18N2OS/c15-9-12(10-5-1-2-6-10)16-14(17)11-7-3-4-8-13(11)18-16/h3-4,7-8,10,12H,1-2,5-6,9,15H2. The zero-order chi connectivity index (χ0) is 12.5. The molecule has 0 spiro atoms. The van der Waals surface area contributed by atoms with Crippen LogP contribution in [-0.2, 0) is 0 Å². The van der Waals surface area contributed by atoms with Gasteiger partial charge in [-0.15, -0.1) is 0 Å². The fourth-order valence-corrected chi connectivity index (χ4v) is 4.21. The normalized spacial score (nSPS) is 18.5. The number of benzene rings is 1. The fourth-order valence-electron chi connectivity index (χ4n) is 3.03. The first-order valence-electron chi connectivity index (χ1n) is 6.62. The van der Waals surface area contributed by atoms with Crippen molar-refractivity contribution in [3.63, 3.8) is 0 Å². The second-order valence-corrected chi connectivity index (χ2v) is 6.08. The molecule has 96 valence electrons. The van der Waals surface area contributed by atoms with Crippen molar-refractivity contribution in [3.05, 3.63) is 34.6 Å². The van der Waals surface area contributed by atoms with Crippen LogP contribution in [0, 0.1) is 5.92 Å². The molecule has 3 rings (SSSR count). The predicted molar refractivity (Wildman–Crippen MR) is 76.1 cm³/mol. The second kappa shape index (κ2) is 4.86. The summed E-state index contributed by atoms with van der Waals surface area (Å²) >= 11 is 1.57. The van der Waals surface area contributed by atoms with Gasteiger partial charge >= 0.3 is 0 Å². The summed E-state index contributed by atoms with van der Waals surface area (Å²) in [5.41, 5.74) is 6.06. The monoisotopic (exact) mass is 262 g/mol. The van der Waals surface area contributed by atoms with Crippen molar-refractivity contribution in [2.45, 2.75) is 31.7 Å². The molecule has 0 radical (unpaired) electrons. The topological polar surface area (TPSA) is 48.0 Å². The highest BCUT2D eigenvalue weighted by molar-refractivity contribution is 7.13. The molecule has 0 amide bonds. The van der Waals surface area contributed by atoms with Crippen LogP contribution in [0.1, 0.15) is 31.7 Å². The highest BCUT2D eigenvalue weighted by Gasteiger charge is 2.27. The fraction of sp³-hybridized carbons (Fsp3) is 0.500. The van der Waals surface area contributed by atoms with E-state index < -0.39 is 0 Å². The first-order chi connectivity index (χ1) is 8.81. The average Bonchev–Trinajstić information content (AvgIpc) is 3.01. The summed E-state index contributed by atoms with van der Waals surface area (Å²) in [6.45, 7) is 0.567. The lowest BCUT2D eigenvalue weighted by Crippen LogP contribution is -2.30. The van der Waals surface area contributed by atoms with E-state index in [0.29, 0.717) is 12.5 Å². The zero-order valence-electron chi connectivity index (χ0n) is 10.3. The Balaban J connectivity index is 2.06. The molecule has 0 aliphatic heterocycles. The van der Waals surface area contributed by atoms with Crippen LogP contribution in [0.25, 0.3) is 10.1 Å². The highest BCUT2D eigenvalue weighted by atomic mass is 32.1. The number of aromatic nitrogens is 1. The third kappa shape index (κ3) is 1.89. The van der Waals surface area contributed by atoms with Gasteiger partial charge in [0.15, 0.2) is 0 Å². The van der Waals surface area contributed by atoms with Crippen molar-refractivity contribution in [2.24, 2.45) is 11.7 Å². The summed E-state index contributed by atoms with van der Waals surface area (Å²) < 4.78 is 2.99. The van der Waals surface area contributed by atoms with E-state index in [4.69, 9.17) is 5.73 Å². The molecule has 1 saturated carbocycles. The van der Waals surface area contributed by atoms with Gasteiger partial charge in [0.2, 0.25) is 0 Å². The molecule has 1 aliphatic carbocycles. The molecule has 0 saturated heterocycles. The maximum atomic E-state index is 12.4. The summed E-state index contributed by atoms with van der Waals surface area (Å²) in [5.74, 6) is 0.584. The van der Waals surface area contributed by atoms with E-state index in [1.165, 1.54) is 25.7 Å². The lowest BCUT2D eigenvalue weighted by atomic mass is 9.99.